The molecule has 1 aliphatic rings. The lowest BCUT2D eigenvalue weighted by atomic mass is 10.1. The molecule has 2 amide bonds. The Hall–Kier alpha value is -2.53. The van der Waals surface area contributed by atoms with Crippen LogP contribution in [-0.4, -0.2) is 30.9 Å². The van der Waals surface area contributed by atoms with Gasteiger partial charge in [0.15, 0.2) is 0 Å². The van der Waals surface area contributed by atoms with Crippen molar-refractivity contribution in [3.8, 4) is 5.75 Å². The van der Waals surface area contributed by atoms with Crippen LogP contribution in [0.15, 0.2) is 42.5 Å². The van der Waals surface area contributed by atoms with Gasteiger partial charge in [0.05, 0.1) is 19.3 Å². The average molecular weight is 340 g/mol. The smallest absolute Gasteiger partial charge is 0.315 e. The number of hydrogen-bond acceptors (Lipinski definition) is 3. The van der Waals surface area contributed by atoms with E-state index in [0.29, 0.717) is 19.4 Å². The van der Waals surface area contributed by atoms with Gasteiger partial charge in [-0.05, 0) is 36.1 Å². The van der Waals surface area contributed by atoms with Crippen molar-refractivity contribution >= 4 is 6.03 Å². The van der Waals surface area contributed by atoms with Crippen LogP contribution in [0.2, 0.25) is 0 Å². The van der Waals surface area contributed by atoms with E-state index in [4.69, 9.17) is 4.74 Å². The zero-order valence-corrected chi connectivity index (χ0v) is 14.6. The topological polar surface area (TPSA) is 70.6 Å². The summed E-state index contributed by atoms with van der Waals surface area (Å²) in [7, 11) is 1.65. The van der Waals surface area contributed by atoms with Gasteiger partial charge in [-0.2, -0.15) is 0 Å². The lowest BCUT2D eigenvalue weighted by Gasteiger charge is -2.18. The fourth-order valence-electron chi connectivity index (χ4n) is 3.35. The first-order chi connectivity index (χ1) is 12.1. The van der Waals surface area contributed by atoms with E-state index in [-0.39, 0.29) is 12.1 Å². The highest BCUT2D eigenvalue weighted by Crippen LogP contribution is 2.31. The summed E-state index contributed by atoms with van der Waals surface area (Å²) >= 11 is 0. The summed E-state index contributed by atoms with van der Waals surface area (Å²) in [5.74, 6) is 0.827. The minimum Gasteiger partial charge on any atom is -0.496 e. The summed E-state index contributed by atoms with van der Waals surface area (Å²) in [6, 6.07) is 13.2. The number of carbonyl (C=O) groups is 1. The van der Waals surface area contributed by atoms with Gasteiger partial charge >= 0.3 is 6.03 Å². The summed E-state index contributed by atoms with van der Waals surface area (Å²) in [6.07, 6.45) is 0.670. The Morgan fingerprint density at radius 1 is 1.28 bits per heavy atom. The molecule has 25 heavy (non-hydrogen) atoms. The molecule has 0 bridgehead atoms. The number of aryl methyl sites for hydroxylation is 1. The number of methoxy groups -OCH3 is 1. The minimum atomic E-state index is -0.583. The third-order valence-corrected chi connectivity index (χ3v) is 4.61. The van der Waals surface area contributed by atoms with Crippen LogP contribution in [0.3, 0.4) is 0 Å². The van der Waals surface area contributed by atoms with Crippen molar-refractivity contribution in [3.05, 3.63) is 64.7 Å². The Morgan fingerprint density at radius 2 is 2.08 bits per heavy atom. The predicted octanol–water partition coefficient (Wildman–Crippen LogP) is 2.50. The molecule has 3 N–H and O–H groups in total. The van der Waals surface area contributed by atoms with Crippen LogP contribution >= 0.6 is 0 Å². The molecule has 0 fully saturated rings. The maximum Gasteiger partial charge on any atom is 0.315 e. The van der Waals surface area contributed by atoms with Gasteiger partial charge in [0, 0.05) is 13.0 Å². The number of urea groups is 1. The van der Waals surface area contributed by atoms with Gasteiger partial charge in [-0.25, -0.2) is 4.79 Å². The number of amides is 2. The largest absolute Gasteiger partial charge is 0.496 e. The molecule has 2 atom stereocenters. The Balaban J connectivity index is 1.55. The summed E-state index contributed by atoms with van der Waals surface area (Å²) in [5, 5.41) is 15.9. The lowest BCUT2D eigenvalue weighted by Crippen LogP contribution is -2.41. The molecule has 0 unspecified atom stereocenters. The number of benzene rings is 2. The molecule has 3 rings (SSSR count). The number of hydrogen-bond donors (Lipinski definition) is 3. The number of rotatable bonds is 5. The molecule has 0 radical (unpaired) electrons. The number of nitrogens with one attached hydrogen (secondary N) is 2. The predicted molar refractivity (Wildman–Crippen MR) is 96.9 cm³/mol. The van der Waals surface area contributed by atoms with E-state index in [1.54, 1.807) is 7.11 Å². The molecule has 5 heteroatoms. The Labute approximate surface area is 148 Å². The van der Waals surface area contributed by atoms with E-state index in [0.717, 1.165) is 28.0 Å². The molecule has 5 nitrogen and oxygen atoms in total. The standard InChI is InChI=1S/C20H24N2O3/c1-13-7-8-18(25-2)15(11-13)9-10-21-20(24)22-19-16-6-4-3-5-14(16)12-17(19)23/h3-8,11,17,19,23H,9-10,12H2,1-2H3,(H2,21,22,24)/t17-,19+/m0/s1. The van der Waals surface area contributed by atoms with Crippen molar-refractivity contribution in [2.45, 2.75) is 31.9 Å². The van der Waals surface area contributed by atoms with Crippen molar-refractivity contribution in [2.75, 3.05) is 13.7 Å². The fourth-order valence-corrected chi connectivity index (χ4v) is 3.35. The second-order valence-corrected chi connectivity index (χ2v) is 6.41. The van der Waals surface area contributed by atoms with Gasteiger partial charge in [0.2, 0.25) is 0 Å². The van der Waals surface area contributed by atoms with Crippen LogP contribution in [0, 0.1) is 6.92 Å². The van der Waals surface area contributed by atoms with E-state index in [1.165, 1.54) is 0 Å². The monoisotopic (exact) mass is 340 g/mol. The van der Waals surface area contributed by atoms with Gasteiger partial charge in [-0.15, -0.1) is 0 Å². The first-order valence-electron chi connectivity index (χ1n) is 8.52. The van der Waals surface area contributed by atoms with Gasteiger partial charge in [0.25, 0.3) is 0 Å². The van der Waals surface area contributed by atoms with Crippen molar-refractivity contribution in [1.29, 1.82) is 0 Å². The van der Waals surface area contributed by atoms with E-state index in [9.17, 15) is 9.90 Å². The summed E-state index contributed by atoms with van der Waals surface area (Å²) in [4.78, 5) is 12.2. The Kier molecular flexibility index (Phi) is 5.24. The molecule has 0 aliphatic heterocycles. The first-order valence-corrected chi connectivity index (χ1v) is 8.52. The van der Waals surface area contributed by atoms with Crippen molar-refractivity contribution in [2.24, 2.45) is 0 Å². The highest BCUT2D eigenvalue weighted by atomic mass is 16.5. The summed E-state index contributed by atoms with van der Waals surface area (Å²) in [6.45, 7) is 2.53. The first kappa shape index (κ1) is 17.3. The number of aliphatic hydroxyl groups is 1. The van der Waals surface area contributed by atoms with Crippen LogP contribution < -0.4 is 15.4 Å². The molecule has 2 aromatic carbocycles. The third-order valence-electron chi connectivity index (χ3n) is 4.61. The molecule has 0 saturated heterocycles. The maximum atomic E-state index is 12.2. The van der Waals surface area contributed by atoms with Gasteiger partial charge in [-0.3, -0.25) is 0 Å². The molecule has 1 aliphatic carbocycles. The summed E-state index contributed by atoms with van der Waals surface area (Å²) < 4.78 is 5.36. The summed E-state index contributed by atoms with van der Waals surface area (Å²) in [5.41, 5.74) is 4.30. The second-order valence-electron chi connectivity index (χ2n) is 6.41. The lowest BCUT2D eigenvalue weighted by molar-refractivity contribution is 0.142. The molecule has 0 aromatic heterocycles. The highest BCUT2D eigenvalue weighted by Gasteiger charge is 2.31. The highest BCUT2D eigenvalue weighted by molar-refractivity contribution is 5.74. The third kappa shape index (κ3) is 3.94. The molecular weight excluding hydrogens is 316 g/mol. The molecule has 132 valence electrons. The van der Waals surface area contributed by atoms with E-state index < -0.39 is 6.10 Å². The minimum absolute atomic E-state index is 0.271. The number of aliphatic hydroxyl groups excluding tert-OH is 1. The molecule has 0 spiro atoms. The van der Waals surface area contributed by atoms with Gasteiger partial charge in [-0.1, -0.05) is 42.0 Å². The van der Waals surface area contributed by atoms with Crippen molar-refractivity contribution in [3.63, 3.8) is 0 Å². The van der Waals surface area contributed by atoms with Crippen LogP contribution in [-0.2, 0) is 12.8 Å². The molecule has 0 heterocycles. The van der Waals surface area contributed by atoms with Crippen LogP contribution in [0.25, 0.3) is 0 Å². The zero-order valence-electron chi connectivity index (χ0n) is 14.6. The Bertz CT molecular complexity index is 760. The zero-order chi connectivity index (χ0) is 17.8. The van der Waals surface area contributed by atoms with Gasteiger partial charge in [0.1, 0.15) is 5.75 Å². The van der Waals surface area contributed by atoms with Gasteiger partial charge < -0.3 is 20.5 Å². The number of carbonyl (C=O) groups excluding carboxylic acids is 1. The van der Waals surface area contributed by atoms with E-state index in [2.05, 4.69) is 16.7 Å². The van der Waals surface area contributed by atoms with Crippen LogP contribution in [0.4, 0.5) is 4.79 Å². The van der Waals surface area contributed by atoms with Crippen LogP contribution in [0.5, 0.6) is 5.75 Å². The van der Waals surface area contributed by atoms with E-state index in [1.807, 2.05) is 43.3 Å². The maximum absolute atomic E-state index is 12.2. The normalized spacial score (nSPS) is 18.5. The quantitative estimate of drug-likeness (QED) is 0.783. The van der Waals surface area contributed by atoms with Crippen molar-refractivity contribution in [1.82, 2.24) is 10.6 Å². The SMILES string of the molecule is COc1ccc(C)cc1CCNC(=O)N[C@@H]1c2ccccc2C[C@@H]1O. The molecule has 0 saturated carbocycles. The van der Waals surface area contributed by atoms with E-state index >= 15 is 0 Å². The van der Waals surface area contributed by atoms with Crippen molar-refractivity contribution < 1.29 is 14.6 Å². The van der Waals surface area contributed by atoms with Crippen LogP contribution in [0.1, 0.15) is 28.3 Å². The Morgan fingerprint density at radius 3 is 2.88 bits per heavy atom. The molecule has 2 aromatic rings. The molecular formula is C20H24N2O3. The second kappa shape index (κ2) is 7.57. The fraction of sp³-hybridized carbons (Fsp3) is 0.350. The average Bonchev–Trinajstić information content (AvgIpc) is 2.91. The number of ether oxygens (including phenoxy) is 1. The number of fused-ring (bicyclic) bond motifs is 1.